The van der Waals surface area contributed by atoms with Crippen molar-refractivity contribution >= 4 is 0 Å². The van der Waals surface area contributed by atoms with Gasteiger partial charge in [0.25, 0.3) is 0 Å². The van der Waals surface area contributed by atoms with Crippen molar-refractivity contribution in [1.29, 1.82) is 0 Å². The van der Waals surface area contributed by atoms with E-state index >= 15 is 0 Å². The lowest BCUT2D eigenvalue weighted by Gasteiger charge is -2.30. The van der Waals surface area contributed by atoms with E-state index in [1.807, 2.05) is 0 Å². The summed E-state index contributed by atoms with van der Waals surface area (Å²) in [4.78, 5) is 7.85. The smallest absolute Gasteiger partial charge is 0.0237 e. The van der Waals surface area contributed by atoms with E-state index in [-0.39, 0.29) is 0 Å². The van der Waals surface area contributed by atoms with Gasteiger partial charge in [-0.1, -0.05) is 152 Å². The van der Waals surface area contributed by atoms with Gasteiger partial charge in [0.2, 0.25) is 0 Å². The average molecular weight is 597 g/mol. The Kier molecular flexibility index (Phi) is 13.4. The first-order chi connectivity index (χ1) is 22.3. The van der Waals surface area contributed by atoms with E-state index in [0.717, 1.165) is 72.0 Å². The fourth-order valence-electron chi connectivity index (χ4n) is 5.75. The van der Waals surface area contributed by atoms with Gasteiger partial charge in [-0.05, 0) is 27.8 Å². The first-order valence-electron chi connectivity index (χ1n) is 16.4. The van der Waals surface area contributed by atoms with E-state index < -0.39 is 0 Å². The predicted octanol–water partition coefficient (Wildman–Crippen LogP) is 7.48. The molecule has 5 aromatic rings. The lowest BCUT2D eigenvalue weighted by molar-refractivity contribution is 0.161. The normalized spacial score (nSPS) is 11.4. The number of rotatable bonds is 19. The lowest BCUT2D eigenvalue weighted by Crippen LogP contribution is -2.40. The van der Waals surface area contributed by atoms with Gasteiger partial charge in [-0.3, -0.25) is 14.7 Å². The third-order valence-corrected chi connectivity index (χ3v) is 8.24. The SMILES string of the molecule is c1ccc(CNCCN(CCN(CCN(Cc2ccccc2)Cc2ccccc2)Cc2ccccc2)Cc2ccccc2)cc1. The predicted molar refractivity (Wildman–Crippen MR) is 189 cm³/mol. The summed E-state index contributed by atoms with van der Waals surface area (Å²) in [5, 5.41) is 3.67. The van der Waals surface area contributed by atoms with Crippen molar-refractivity contribution in [2.45, 2.75) is 32.7 Å². The van der Waals surface area contributed by atoms with Gasteiger partial charge in [0.1, 0.15) is 0 Å². The molecule has 0 fully saturated rings. The molecule has 4 heteroatoms. The van der Waals surface area contributed by atoms with Gasteiger partial charge in [-0.2, -0.15) is 0 Å². The van der Waals surface area contributed by atoms with Crippen molar-refractivity contribution in [1.82, 2.24) is 20.0 Å². The molecule has 1 N–H and O–H groups in total. The second kappa shape index (κ2) is 18.7. The molecule has 45 heavy (non-hydrogen) atoms. The van der Waals surface area contributed by atoms with E-state index in [2.05, 4.69) is 172 Å². The molecule has 0 amide bonds. The Hall–Kier alpha value is -4.06. The minimum absolute atomic E-state index is 0.902. The van der Waals surface area contributed by atoms with E-state index in [1.165, 1.54) is 27.8 Å². The maximum atomic E-state index is 3.67. The molecule has 0 radical (unpaired) electrons. The van der Waals surface area contributed by atoms with Crippen LogP contribution in [0.4, 0.5) is 0 Å². The number of hydrogen-bond donors (Lipinski definition) is 1. The van der Waals surface area contributed by atoms with Crippen molar-refractivity contribution in [3.05, 3.63) is 179 Å². The second-order valence-electron chi connectivity index (χ2n) is 11.9. The maximum absolute atomic E-state index is 3.67. The van der Waals surface area contributed by atoms with Crippen LogP contribution in [0.5, 0.6) is 0 Å². The van der Waals surface area contributed by atoms with Crippen LogP contribution >= 0.6 is 0 Å². The summed E-state index contributed by atoms with van der Waals surface area (Å²) in [6.07, 6.45) is 0. The topological polar surface area (TPSA) is 21.8 Å². The Labute approximate surface area is 271 Å². The van der Waals surface area contributed by atoms with Gasteiger partial charge in [0.15, 0.2) is 0 Å². The Balaban J connectivity index is 1.24. The van der Waals surface area contributed by atoms with Gasteiger partial charge in [-0.25, -0.2) is 0 Å². The molecular weight excluding hydrogens is 548 g/mol. The molecule has 0 aliphatic heterocycles. The second-order valence-corrected chi connectivity index (χ2v) is 11.9. The molecule has 0 aromatic heterocycles. The fraction of sp³-hybridized carbons (Fsp3) is 0.268. The molecule has 0 saturated heterocycles. The summed E-state index contributed by atoms with van der Waals surface area (Å²) < 4.78 is 0. The van der Waals surface area contributed by atoms with Crippen molar-refractivity contribution in [2.24, 2.45) is 0 Å². The van der Waals surface area contributed by atoms with E-state index in [0.29, 0.717) is 0 Å². The van der Waals surface area contributed by atoms with Crippen LogP contribution in [0.15, 0.2) is 152 Å². The third kappa shape index (κ3) is 12.1. The first kappa shape index (κ1) is 32.3. The summed E-state index contributed by atoms with van der Waals surface area (Å²) in [5.74, 6) is 0. The summed E-state index contributed by atoms with van der Waals surface area (Å²) >= 11 is 0. The van der Waals surface area contributed by atoms with Crippen LogP contribution in [-0.4, -0.2) is 54.0 Å². The van der Waals surface area contributed by atoms with Crippen molar-refractivity contribution in [3.8, 4) is 0 Å². The van der Waals surface area contributed by atoms with E-state index in [9.17, 15) is 0 Å². The molecule has 0 spiro atoms. The summed E-state index contributed by atoms with van der Waals surface area (Å²) in [7, 11) is 0. The summed E-state index contributed by atoms with van der Waals surface area (Å²) in [6.45, 7) is 10.7. The highest BCUT2D eigenvalue weighted by molar-refractivity contribution is 5.18. The van der Waals surface area contributed by atoms with Crippen LogP contribution in [-0.2, 0) is 32.7 Å². The minimum Gasteiger partial charge on any atom is -0.311 e. The van der Waals surface area contributed by atoms with Crippen molar-refractivity contribution in [2.75, 3.05) is 39.3 Å². The van der Waals surface area contributed by atoms with Crippen LogP contribution in [0.2, 0.25) is 0 Å². The Morgan fingerprint density at radius 1 is 0.311 bits per heavy atom. The minimum atomic E-state index is 0.902. The average Bonchev–Trinajstić information content (AvgIpc) is 3.10. The number of benzene rings is 5. The molecule has 5 aromatic carbocycles. The first-order valence-corrected chi connectivity index (χ1v) is 16.4. The highest BCUT2D eigenvalue weighted by Crippen LogP contribution is 2.12. The number of nitrogens with zero attached hydrogens (tertiary/aromatic N) is 3. The van der Waals surface area contributed by atoms with Crippen LogP contribution in [0.3, 0.4) is 0 Å². The molecule has 0 bridgehead atoms. The molecule has 0 atom stereocenters. The van der Waals surface area contributed by atoms with E-state index in [4.69, 9.17) is 0 Å². The molecule has 0 aliphatic rings. The van der Waals surface area contributed by atoms with Gasteiger partial charge < -0.3 is 5.32 Å². The van der Waals surface area contributed by atoms with Crippen molar-refractivity contribution < 1.29 is 0 Å². The van der Waals surface area contributed by atoms with Gasteiger partial charge in [0, 0.05) is 72.0 Å². The van der Waals surface area contributed by atoms with Crippen LogP contribution in [0, 0.1) is 0 Å². The van der Waals surface area contributed by atoms with Crippen molar-refractivity contribution in [3.63, 3.8) is 0 Å². The molecule has 0 unspecified atom stereocenters. The van der Waals surface area contributed by atoms with Crippen LogP contribution < -0.4 is 5.32 Å². The summed E-state index contributed by atoms with van der Waals surface area (Å²) in [6, 6.07) is 54.3. The molecule has 0 saturated carbocycles. The lowest BCUT2D eigenvalue weighted by atomic mass is 10.1. The third-order valence-electron chi connectivity index (χ3n) is 8.24. The molecule has 4 nitrogen and oxygen atoms in total. The van der Waals surface area contributed by atoms with Gasteiger partial charge in [-0.15, -0.1) is 0 Å². The quantitative estimate of drug-likeness (QED) is 0.0998. The number of nitrogens with one attached hydrogen (secondary N) is 1. The molecule has 0 heterocycles. The zero-order valence-corrected chi connectivity index (χ0v) is 26.6. The highest BCUT2D eigenvalue weighted by Gasteiger charge is 2.14. The van der Waals surface area contributed by atoms with Crippen LogP contribution in [0.1, 0.15) is 27.8 Å². The molecular formula is C41H48N4. The maximum Gasteiger partial charge on any atom is 0.0237 e. The number of hydrogen-bond acceptors (Lipinski definition) is 4. The van der Waals surface area contributed by atoms with Crippen LogP contribution in [0.25, 0.3) is 0 Å². The van der Waals surface area contributed by atoms with E-state index in [1.54, 1.807) is 0 Å². The fourth-order valence-corrected chi connectivity index (χ4v) is 5.75. The zero-order valence-electron chi connectivity index (χ0n) is 26.6. The zero-order chi connectivity index (χ0) is 30.8. The molecule has 5 rings (SSSR count). The largest absolute Gasteiger partial charge is 0.311 e. The highest BCUT2D eigenvalue weighted by atomic mass is 15.2. The summed E-state index contributed by atoms with van der Waals surface area (Å²) in [5.41, 5.74) is 6.79. The Morgan fingerprint density at radius 2 is 0.600 bits per heavy atom. The van der Waals surface area contributed by atoms with Gasteiger partial charge >= 0.3 is 0 Å². The van der Waals surface area contributed by atoms with Gasteiger partial charge in [0.05, 0.1) is 0 Å². The standard InChI is InChI=1S/C41H48N4/c1-6-16-37(17-7-1)32-42-26-27-43(33-38-18-8-2-9-19-38)28-29-44(34-39-20-10-3-11-21-39)30-31-45(35-40-22-12-4-13-23-40)36-41-24-14-5-15-25-41/h1-25,42H,26-36H2. The monoisotopic (exact) mass is 596 g/mol. The Bertz CT molecular complexity index is 1410. The Morgan fingerprint density at radius 3 is 0.978 bits per heavy atom. The molecule has 232 valence electrons. The molecule has 0 aliphatic carbocycles.